The summed E-state index contributed by atoms with van der Waals surface area (Å²) in [6.45, 7) is 6.25. The van der Waals surface area contributed by atoms with Crippen molar-refractivity contribution >= 4 is 105 Å². The molecule has 9 aromatic heterocycles. The second-order valence-electron chi connectivity index (χ2n) is 26.0. The molecular formula is C129H36F4N10O7. The number of aromatic nitrogens is 8. The van der Waals surface area contributed by atoms with Gasteiger partial charge in [0.25, 0.3) is 5.56 Å². The summed E-state index contributed by atoms with van der Waals surface area (Å²) >= 11 is 0. The Morgan fingerprint density at radius 3 is 0.947 bits per heavy atom. The van der Waals surface area contributed by atoms with E-state index in [9.17, 15) is 23.9 Å². The normalized spacial score (nSPS) is 7.60. The van der Waals surface area contributed by atoms with Gasteiger partial charge in [-0.15, -0.1) is 0 Å². The van der Waals surface area contributed by atoms with Gasteiger partial charge in [-0.1, -0.05) is 18.9 Å². The van der Waals surface area contributed by atoms with Crippen molar-refractivity contribution in [2.24, 2.45) is 0 Å². The molecule has 0 aliphatic heterocycles. The average molecular weight is 1910 g/mol. The predicted octanol–water partition coefficient (Wildman–Crippen LogP) is 22.6. The number of carboxylic acids is 1. The highest BCUT2D eigenvalue weighted by Crippen LogP contribution is 2.42. The number of nitrogens with zero attached hydrogens (tertiary/aromatic N) is 5. The van der Waals surface area contributed by atoms with Crippen molar-refractivity contribution in [3.05, 3.63) is 619 Å². The Bertz CT molecular complexity index is 11500. The lowest BCUT2D eigenvalue weighted by atomic mass is 10.0. The van der Waals surface area contributed by atoms with Crippen LogP contribution in [0.3, 0.4) is 0 Å². The summed E-state index contributed by atoms with van der Waals surface area (Å²) in [7, 11) is 0. The number of carboxylic acid groups (broad SMARTS) is 1. The van der Waals surface area contributed by atoms with E-state index in [0.717, 1.165) is 6.07 Å². The van der Waals surface area contributed by atoms with Crippen LogP contribution in [0.1, 0.15) is 29.0 Å². The number of hydrogen-bond donors (Lipinski definition) is 6. The van der Waals surface area contributed by atoms with E-state index in [4.69, 9.17) is 24.7 Å². The molecule has 0 atom stereocenters. The van der Waals surface area contributed by atoms with Crippen LogP contribution in [0.5, 0.6) is 0 Å². The highest BCUT2D eigenvalue weighted by atomic mass is 19.1. The zero-order valence-electron chi connectivity index (χ0n) is 75.4. The van der Waals surface area contributed by atoms with Gasteiger partial charge in [0.2, 0.25) is 5.71 Å². The van der Waals surface area contributed by atoms with Crippen LogP contribution in [0.15, 0.2) is 581 Å². The molecule has 0 amide bonds. The monoisotopic (exact) mass is 1910 g/mol. The van der Waals surface area contributed by atoms with Crippen molar-refractivity contribution in [2.75, 3.05) is 11.5 Å². The van der Waals surface area contributed by atoms with Crippen molar-refractivity contribution in [2.45, 2.75) is 20.5 Å². The lowest BCUT2D eigenvalue weighted by Gasteiger charge is -2.11. The third kappa shape index (κ3) is 31.8. The maximum atomic E-state index is 15.1. The SMILES string of the molecule is C.C=C=C=C=C=C=C=C=C=C=C=C=C=C=C=C=C=C=C=C=C=C=C=C=C=C=C=C=C=C=C=C=C=C=C=C=C=C=C=C=C=C=C=C=C=C=C=C=C=C=C=C=C=C=C=C=C=C=C=C=C=C=C=C=C=C=C=C=C=C=C=C=C=C=C=C=C=C=C=C.Nc1n[nH]c2cc(F)c(Cn3c(C(=O)O)c(-c4ccc[nH]c4=O)c4c5occc5c(F)cc43)cc12.Nc1n[nH]c2cc(F)c(Cn3c4cc(F)c5ccoc5c4c4c5cccnc5oc(=O)c43)cc12. The van der Waals surface area contributed by atoms with Gasteiger partial charge in [-0.2, -0.15) is 10.2 Å². The lowest BCUT2D eigenvalue weighted by Crippen LogP contribution is -2.14. The van der Waals surface area contributed by atoms with E-state index in [0.29, 0.717) is 43.5 Å². The Balaban J connectivity index is 0.000000263. The van der Waals surface area contributed by atoms with Gasteiger partial charge in [-0.25, -0.2) is 32.1 Å². The van der Waals surface area contributed by atoms with Crippen molar-refractivity contribution in [3.63, 3.8) is 0 Å². The van der Waals surface area contributed by atoms with Gasteiger partial charge in [-0.05, 0) is 178 Å². The fraction of sp³-hybridized carbons (Fsp3) is 0.0233. The lowest BCUT2D eigenvalue weighted by molar-refractivity contribution is 0.0686. The molecule has 0 fully saturated rings. The van der Waals surface area contributed by atoms with Gasteiger partial charge in [0.05, 0.1) is 74.8 Å². The molecule has 13 rings (SSSR count). The van der Waals surface area contributed by atoms with Crippen molar-refractivity contribution in [1.29, 1.82) is 0 Å². The number of aromatic carboxylic acids is 1. The van der Waals surface area contributed by atoms with Crippen LogP contribution in [0.25, 0.3) is 98.7 Å². The van der Waals surface area contributed by atoms with Crippen LogP contribution in [-0.4, -0.2) is 50.6 Å². The number of anilines is 2. The van der Waals surface area contributed by atoms with E-state index < -0.39 is 40.4 Å². The molecule has 0 aliphatic rings. The number of nitrogen functional groups attached to an aromatic ring is 2. The van der Waals surface area contributed by atoms with Gasteiger partial charge in [0.1, 0.15) is 45.6 Å². The molecular weight excluding hydrogens is 1880 g/mol. The Morgan fingerprint density at radius 1 is 0.353 bits per heavy atom. The quantitative estimate of drug-likeness (QED) is 0.0671. The Kier molecular flexibility index (Phi) is 41.3. The third-order valence-electron chi connectivity index (χ3n) is 17.2. The van der Waals surface area contributed by atoms with E-state index in [1.807, 2.05) is 0 Å². The molecule has 0 radical (unpaired) electrons. The minimum Gasteiger partial charge on any atom is -0.477 e. The zero-order valence-corrected chi connectivity index (χ0v) is 75.4. The van der Waals surface area contributed by atoms with Crippen LogP contribution in [0, 0.1) is 23.3 Å². The molecule has 4 aromatic carbocycles. The average Bonchev–Trinajstić information content (AvgIpc) is 1.54. The summed E-state index contributed by atoms with van der Waals surface area (Å²) in [5.41, 5.74) is 207. The number of furan rings is 2. The number of nitrogens with one attached hydrogen (secondary N) is 3. The smallest absolute Gasteiger partial charge is 0.362 e. The molecule has 0 unspecified atom stereocenters. The van der Waals surface area contributed by atoms with Crippen LogP contribution in [-0.2, 0) is 13.1 Å². The first-order valence-electron chi connectivity index (χ1n) is 40.7. The topological polar surface area (TPSA) is 259 Å². The van der Waals surface area contributed by atoms with Crippen LogP contribution in [0.2, 0.25) is 0 Å². The number of fused-ring (bicyclic) bond motifs is 12. The van der Waals surface area contributed by atoms with Gasteiger partial charge >= 0.3 is 11.6 Å². The van der Waals surface area contributed by atoms with E-state index in [1.165, 1.54) is 76.5 Å². The van der Waals surface area contributed by atoms with Crippen molar-refractivity contribution in [3.8, 4) is 11.1 Å². The van der Waals surface area contributed by atoms with Gasteiger partial charge < -0.3 is 43.9 Å². The molecule has 17 nitrogen and oxygen atoms in total. The number of benzene rings is 4. The standard InChI is InChI=1S/C80H4.C24H15F2N5O4.C24H13F2N5O3.CH4/c1-3-5-7-9-11-13-15-17-19-21-23-25-27-29-31-33-35-37-39-41-43-45-47-49-51-53-55-57-59-61-63-65-67-69-71-73-75-77-79-80-78-76-74-72-70-68-66-64-62-60-58-56-54-52-50-48-46-44-42-40-38-36-34-32-30-28-26-24-22-20-18-16-14-12-10-8-6-4-2;25-14-7-16-13(22(27)30-29-16)6-10(14)9-31-17-8-15(26)11-3-5-35-21(11)19(17)18(20(31)24(33)34)12-2-1-4-28-23(12)32;25-14-7-16-13(22(27)30-29-16)6-10(14)9-31-17-8-15(26)11-3-5-33-21(11)19(17)18-12-2-1-4-28-23(12)34-24(32)20(18)31;/h1-2H2;1-8H,9H2,(H,28,32)(H,33,34)(H3,27,29,30);1-8H,9H2,(H3,27,29,30);1H4. The summed E-state index contributed by atoms with van der Waals surface area (Å²) in [6, 6.07) is 17.4. The first kappa shape index (κ1) is 105. The maximum Gasteiger partial charge on any atom is 0.362 e. The largest absolute Gasteiger partial charge is 0.477 e. The molecule has 0 aliphatic carbocycles. The molecule has 9 heterocycles. The summed E-state index contributed by atoms with van der Waals surface area (Å²) in [4.78, 5) is 45.1. The summed E-state index contributed by atoms with van der Waals surface area (Å²) < 4.78 is 79.5. The van der Waals surface area contributed by atoms with Crippen LogP contribution < -0.4 is 22.7 Å². The predicted molar refractivity (Wildman–Crippen MR) is 539 cm³/mol. The van der Waals surface area contributed by atoms with Crippen LogP contribution >= 0.6 is 0 Å². The molecule has 150 heavy (non-hydrogen) atoms. The van der Waals surface area contributed by atoms with E-state index in [1.54, 1.807) is 24.3 Å². The number of nitrogens with two attached hydrogens (primary N) is 2. The molecule has 0 saturated heterocycles. The number of hydrogen-bond acceptors (Lipinski definition) is 11. The molecule has 21 heteroatoms. The van der Waals surface area contributed by atoms with E-state index in [-0.39, 0.29) is 104 Å². The number of carbonyl (C=O) groups is 1. The Morgan fingerprint density at radius 2 is 0.647 bits per heavy atom. The first-order chi connectivity index (χ1) is 73.3. The van der Waals surface area contributed by atoms with Gasteiger partial charge in [0, 0.05) is 395 Å². The zero-order chi connectivity index (χ0) is 105. The Labute approximate surface area is 841 Å². The van der Waals surface area contributed by atoms with E-state index in [2.05, 4.69) is 491 Å². The summed E-state index contributed by atoms with van der Waals surface area (Å²) in [5, 5.41) is 26.5. The first-order valence-corrected chi connectivity index (χ1v) is 40.7. The molecule has 0 saturated carbocycles. The highest BCUT2D eigenvalue weighted by molar-refractivity contribution is 6.26. The van der Waals surface area contributed by atoms with Gasteiger partial charge in [0.15, 0.2) is 11.6 Å². The second-order valence-corrected chi connectivity index (χ2v) is 26.0. The third-order valence-corrected chi connectivity index (χ3v) is 17.2. The molecule has 672 valence electrons. The molecule has 8 N–H and O–H groups in total. The van der Waals surface area contributed by atoms with Crippen molar-refractivity contribution < 1.29 is 40.7 Å². The van der Waals surface area contributed by atoms with Gasteiger partial charge in [-0.3, -0.25) is 15.0 Å². The molecule has 0 spiro atoms. The number of pyridine rings is 2. The summed E-state index contributed by atoms with van der Waals surface area (Å²) in [6.07, 6.45) is 5.59. The maximum absolute atomic E-state index is 15.1. The molecule has 0 bridgehead atoms. The van der Waals surface area contributed by atoms with Crippen molar-refractivity contribution in [1.82, 2.24) is 39.5 Å². The number of rotatable bonds is 6. The number of halogens is 4. The highest BCUT2D eigenvalue weighted by Gasteiger charge is 2.30. The fourth-order valence-electron chi connectivity index (χ4n) is 11.7. The fourth-order valence-corrected chi connectivity index (χ4v) is 11.7. The number of H-pyrrole nitrogens is 3. The van der Waals surface area contributed by atoms with Crippen LogP contribution in [0.4, 0.5) is 29.2 Å². The minimum absolute atomic E-state index is 0. The van der Waals surface area contributed by atoms with E-state index >= 15 is 13.2 Å². The second kappa shape index (κ2) is 58.9. The summed E-state index contributed by atoms with van der Waals surface area (Å²) in [5.74, 6) is -3.36. The minimum atomic E-state index is -1.39. The molecule has 13 aromatic rings. The number of aromatic amines is 3. The Hall–Kier alpha value is -27.1.